The van der Waals surface area contributed by atoms with Crippen LogP contribution in [0.25, 0.3) is 0 Å². The minimum Gasteiger partial charge on any atom is -0.444 e. The molecule has 2 fully saturated rings. The van der Waals surface area contributed by atoms with Gasteiger partial charge in [0, 0.05) is 19.3 Å². The van der Waals surface area contributed by atoms with Crippen molar-refractivity contribution in [3.63, 3.8) is 0 Å². The van der Waals surface area contributed by atoms with Crippen LogP contribution in [-0.4, -0.2) is 34.7 Å². The van der Waals surface area contributed by atoms with E-state index < -0.39 is 5.60 Å². The Bertz CT molecular complexity index is 585. The molecule has 2 heterocycles. The molecule has 0 radical (unpaired) electrons. The molecule has 0 N–H and O–H groups in total. The van der Waals surface area contributed by atoms with Crippen LogP contribution >= 0.6 is 11.6 Å². The molecule has 0 spiro atoms. The highest BCUT2D eigenvalue weighted by molar-refractivity contribution is 6.29. The van der Waals surface area contributed by atoms with Crippen LogP contribution in [0.1, 0.15) is 39.2 Å². The lowest BCUT2D eigenvalue weighted by Crippen LogP contribution is -2.36. The molecule has 23 heavy (non-hydrogen) atoms. The maximum Gasteiger partial charge on any atom is 0.410 e. The fourth-order valence-electron chi connectivity index (χ4n) is 3.98. The Kier molecular flexibility index (Phi) is 4.54. The van der Waals surface area contributed by atoms with Crippen LogP contribution in [-0.2, 0) is 11.2 Å². The maximum atomic E-state index is 12.3. The molecule has 1 aliphatic carbocycles. The molecule has 3 atom stereocenters. The van der Waals surface area contributed by atoms with Gasteiger partial charge in [0.25, 0.3) is 0 Å². The number of hydrogen-bond acceptors (Lipinski definition) is 3. The monoisotopic (exact) mass is 336 g/mol. The number of hydrogen-bond donors (Lipinski definition) is 0. The van der Waals surface area contributed by atoms with Crippen molar-refractivity contribution in [1.29, 1.82) is 0 Å². The molecule has 1 aromatic rings. The molecule has 2 aliphatic rings. The Morgan fingerprint density at radius 2 is 2.17 bits per heavy atom. The SMILES string of the molecule is CC(C)(C)OC(=O)N1C[C@H]2CCC(Cc3ccnc(Cl)c3)[C@H]2C1. The lowest BCUT2D eigenvalue weighted by molar-refractivity contribution is 0.0276. The number of ether oxygens (including phenoxy) is 1. The Balaban J connectivity index is 1.61. The number of halogens is 1. The van der Waals surface area contributed by atoms with Gasteiger partial charge in [-0.1, -0.05) is 11.6 Å². The second-order valence-electron chi connectivity index (χ2n) is 7.84. The van der Waals surface area contributed by atoms with E-state index in [0.717, 1.165) is 19.5 Å². The highest BCUT2D eigenvalue weighted by Crippen LogP contribution is 2.44. The number of amides is 1. The van der Waals surface area contributed by atoms with Crippen molar-refractivity contribution in [1.82, 2.24) is 9.88 Å². The van der Waals surface area contributed by atoms with Gasteiger partial charge in [0.15, 0.2) is 0 Å². The molecule has 126 valence electrons. The zero-order valence-corrected chi connectivity index (χ0v) is 14.8. The summed E-state index contributed by atoms with van der Waals surface area (Å²) in [5, 5.41) is 0.554. The number of fused-ring (bicyclic) bond motifs is 1. The average Bonchev–Trinajstić information content (AvgIpc) is 2.99. The summed E-state index contributed by atoms with van der Waals surface area (Å²) in [6.07, 6.45) is 5.06. The van der Waals surface area contributed by atoms with Crippen molar-refractivity contribution in [2.45, 2.75) is 45.6 Å². The number of likely N-dealkylation sites (tertiary alicyclic amines) is 1. The van der Waals surface area contributed by atoms with E-state index >= 15 is 0 Å². The molecule has 0 bridgehead atoms. The van der Waals surface area contributed by atoms with Crippen LogP contribution in [0.2, 0.25) is 5.15 Å². The molecule has 1 aromatic heterocycles. The molecule has 0 aromatic carbocycles. The quantitative estimate of drug-likeness (QED) is 0.761. The second-order valence-corrected chi connectivity index (χ2v) is 8.22. The number of pyridine rings is 1. The summed E-state index contributed by atoms with van der Waals surface area (Å²) in [7, 11) is 0. The first kappa shape index (κ1) is 16.6. The summed E-state index contributed by atoms with van der Waals surface area (Å²) in [5.74, 6) is 1.81. The highest BCUT2D eigenvalue weighted by atomic mass is 35.5. The minimum absolute atomic E-state index is 0.169. The normalized spacial score (nSPS) is 27.1. The molecule has 3 rings (SSSR count). The smallest absolute Gasteiger partial charge is 0.410 e. The molecule has 5 heteroatoms. The first-order valence-corrected chi connectivity index (χ1v) is 8.78. The van der Waals surface area contributed by atoms with Gasteiger partial charge in [0.2, 0.25) is 0 Å². The third-order valence-corrected chi connectivity index (χ3v) is 5.15. The molecule has 4 nitrogen and oxygen atoms in total. The Morgan fingerprint density at radius 3 is 2.87 bits per heavy atom. The fraction of sp³-hybridized carbons (Fsp3) is 0.667. The van der Waals surface area contributed by atoms with Gasteiger partial charge < -0.3 is 9.64 Å². The summed E-state index contributed by atoms with van der Waals surface area (Å²) >= 11 is 5.99. The topological polar surface area (TPSA) is 42.4 Å². The second kappa shape index (κ2) is 6.31. The van der Waals surface area contributed by atoms with Crippen molar-refractivity contribution in [3.05, 3.63) is 29.0 Å². The van der Waals surface area contributed by atoms with Crippen molar-refractivity contribution >= 4 is 17.7 Å². The van der Waals surface area contributed by atoms with Crippen LogP contribution in [0.15, 0.2) is 18.3 Å². The molecule has 1 unspecified atom stereocenters. The van der Waals surface area contributed by atoms with Gasteiger partial charge in [-0.3, -0.25) is 0 Å². The van der Waals surface area contributed by atoms with Crippen LogP contribution in [0.5, 0.6) is 0 Å². The molecule has 1 aliphatic heterocycles. The van der Waals surface area contributed by atoms with Gasteiger partial charge in [-0.2, -0.15) is 0 Å². The van der Waals surface area contributed by atoms with E-state index in [0.29, 0.717) is 22.9 Å². The van der Waals surface area contributed by atoms with E-state index in [1.807, 2.05) is 37.8 Å². The average molecular weight is 337 g/mol. The third kappa shape index (κ3) is 3.97. The van der Waals surface area contributed by atoms with Crippen LogP contribution < -0.4 is 0 Å². The minimum atomic E-state index is -0.429. The zero-order chi connectivity index (χ0) is 16.6. The van der Waals surface area contributed by atoms with Gasteiger partial charge in [0.1, 0.15) is 10.8 Å². The first-order chi connectivity index (χ1) is 10.8. The molecular weight excluding hydrogens is 312 g/mol. The van der Waals surface area contributed by atoms with Crippen LogP contribution in [0.3, 0.4) is 0 Å². The van der Waals surface area contributed by atoms with Gasteiger partial charge in [-0.05, 0) is 75.5 Å². The lowest BCUT2D eigenvalue weighted by Gasteiger charge is -2.25. The van der Waals surface area contributed by atoms with Crippen molar-refractivity contribution in [3.8, 4) is 0 Å². The van der Waals surface area contributed by atoms with E-state index in [1.54, 1.807) is 6.20 Å². The summed E-state index contributed by atoms with van der Waals surface area (Å²) < 4.78 is 5.52. The molecular formula is C18H25ClN2O2. The maximum absolute atomic E-state index is 12.3. The van der Waals surface area contributed by atoms with Gasteiger partial charge in [-0.25, -0.2) is 9.78 Å². The number of aromatic nitrogens is 1. The van der Waals surface area contributed by atoms with Crippen molar-refractivity contribution in [2.75, 3.05) is 13.1 Å². The number of carbonyl (C=O) groups is 1. The number of nitrogens with zero attached hydrogens (tertiary/aromatic N) is 2. The summed E-state index contributed by atoms with van der Waals surface area (Å²) in [6.45, 7) is 7.41. The molecule has 1 amide bonds. The van der Waals surface area contributed by atoms with Crippen LogP contribution in [0, 0.1) is 17.8 Å². The van der Waals surface area contributed by atoms with E-state index in [2.05, 4.69) is 4.98 Å². The standard InChI is InChI=1S/C18H25ClN2O2/c1-18(2,3)23-17(22)21-10-14-5-4-13(15(14)11-21)8-12-6-7-20-16(19)9-12/h6-7,9,13-15H,4-5,8,10-11H2,1-3H3/t13?,14-,15-/m1/s1. The Hall–Kier alpha value is -1.29. The largest absolute Gasteiger partial charge is 0.444 e. The Morgan fingerprint density at radius 1 is 1.39 bits per heavy atom. The number of carbonyl (C=O) groups excluding carboxylic acids is 1. The van der Waals surface area contributed by atoms with Gasteiger partial charge in [-0.15, -0.1) is 0 Å². The number of rotatable bonds is 2. The predicted molar refractivity (Wildman–Crippen MR) is 90.5 cm³/mol. The third-order valence-electron chi connectivity index (χ3n) is 4.95. The summed E-state index contributed by atoms with van der Waals surface area (Å²) in [5.41, 5.74) is 0.813. The van der Waals surface area contributed by atoms with Gasteiger partial charge in [0.05, 0.1) is 0 Å². The van der Waals surface area contributed by atoms with E-state index in [4.69, 9.17) is 16.3 Å². The molecule has 1 saturated carbocycles. The van der Waals surface area contributed by atoms with Gasteiger partial charge >= 0.3 is 6.09 Å². The highest BCUT2D eigenvalue weighted by Gasteiger charge is 2.44. The van der Waals surface area contributed by atoms with Crippen molar-refractivity contribution in [2.24, 2.45) is 17.8 Å². The Labute approximate surface area is 143 Å². The van der Waals surface area contributed by atoms with Crippen LogP contribution in [0.4, 0.5) is 4.79 Å². The van der Waals surface area contributed by atoms with Crippen molar-refractivity contribution < 1.29 is 9.53 Å². The summed E-state index contributed by atoms with van der Waals surface area (Å²) in [4.78, 5) is 18.2. The van der Waals surface area contributed by atoms with E-state index in [1.165, 1.54) is 18.4 Å². The summed E-state index contributed by atoms with van der Waals surface area (Å²) in [6, 6.07) is 4.00. The first-order valence-electron chi connectivity index (χ1n) is 8.40. The lowest BCUT2D eigenvalue weighted by atomic mass is 9.88. The van der Waals surface area contributed by atoms with E-state index in [-0.39, 0.29) is 6.09 Å². The van der Waals surface area contributed by atoms with E-state index in [9.17, 15) is 4.79 Å². The molecule has 1 saturated heterocycles. The fourth-order valence-corrected chi connectivity index (χ4v) is 4.18. The predicted octanol–water partition coefficient (Wildman–Crippen LogP) is 4.17. The zero-order valence-electron chi connectivity index (χ0n) is 14.1.